The van der Waals surface area contributed by atoms with Crippen molar-refractivity contribution in [2.75, 3.05) is 0 Å². The lowest BCUT2D eigenvalue weighted by Gasteiger charge is -2.17. The number of amides is 1. The van der Waals surface area contributed by atoms with E-state index in [1.54, 1.807) is 0 Å². The van der Waals surface area contributed by atoms with Crippen LogP contribution in [0, 0.1) is 11.6 Å². The Morgan fingerprint density at radius 2 is 1.96 bits per heavy atom. The highest BCUT2D eigenvalue weighted by atomic mass is 19.1. The highest BCUT2D eigenvalue weighted by Gasteiger charge is 2.23. The normalized spacial score (nSPS) is 14.8. The van der Waals surface area contributed by atoms with E-state index in [4.69, 9.17) is 0 Å². The van der Waals surface area contributed by atoms with Gasteiger partial charge in [-0.05, 0) is 44.0 Å². The Labute approximate surface area is 142 Å². The zero-order valence-electron chi connectivity index (χ0n) is 13.5. The Morgan fingerprint density at radius 3 is 2.72 bits per heavy atom. The molecule has 3 rings (SSSR count). The van der Waals surface area contributed by atoms with E-state index in [-0.39, 0.29) is 16.9 Å². The lowest BCUT2D eigenvalue weighted by atomic mass is 9.93. The first-order valence-electron chi connectivity index (χ1n) is 7.92. The van der Waals surface area contributed by atoms with Gasteiger partial charge in [0.1, 0.15) is 17.2 Å². The quantitative estimate of drug-likeness (QED) is 0.897. The Morgan fingerprint density at radius 1 is 1.20 bits per heavy atom. The van der Waals surface area contributed by atoms with Gasteiger partial charge in [0.05, 0.1) is 6.04 Å². The largest absolute Gasteiger partial charge is 0.345 e. The first-order chi connectivity index (χ1) is 11.9. The molecule has 0 fully saturated rings. The van der Waals surface area contributed by atoms with Gasteiger partial charge in [-0.3, -0.25) is 14.4 Å². The Balaban J connectivity index is 1.89. The molecule has 1 aliphatic carbocycles. The van der Waals surface area contributed by atoms with Crippen LogP contribution in [0.3, 0.4) is 0 Å². The van der Waals surface area contributed by atoms with E-state index < -0.39 is 29.1 Å². The average molecular weight is 346 g/mol. The number of aromatic nitrogens is 1. The second kappa shape index (κ2) is 6.58. The van der Waals surface area contributed by atoms with Gasteiger partial charge in [0.15, 0.2) is 5.78 Å². The summed E-state index contributed by atoms with van der Waals surface area (Å²) in [5.74, 6) is -2.17. The van der Waals surface area contributed by atoms with E-state index in [0.29, 0.717) is 30.5 Å². The number of carbonyl (C=O) groups is 2. The Bertz CT molecular complexity index is 921. The van der Waals surface area contributed by atoms with Gasteiger partial charge >= 0.3 is 0 Å². The standard InChI is InChI=1S/C18H16F2N2O3/c1-9(11-7-10(19)5-6-14(11)20)21-17(24)13-8-12-15(22-18(13)25)3-2-4-16(12)23/h5-9H,2-4H2,1H3,(H,21,24)(H,22,25)/t9-/m0/s1. The zero-order valence-corrected chi connectivity index (χ0v) is 13.5. The predicted octanol–water partition coefficient (Wildman–Crippen LogP) is 2.66. The number of ketones is 1. The number of nitrogens with one attached hydrogen (secondary N) is 2. The number of H-pyrrole nitrogens is 1. The zero-order chi connectivity index (χ0) is 18.1. The molecule has 0 bridgehead atoms. The molecule has 0 unspecified atom stereocenters. The summed E-state index contributed by atoms with van der Waals surface area (Å²) in [6.45, 7) is 1.48. The topological polar surface area (TPSA) is 79.0 Å². The molecular formula is C18H16F2N2O3. The van der Waals surface area contributed by atoms with Crippen LogP contribution >= 0.6 is 0 Å². The number of aryl methyl sites for hydroxylation is 1. The SMILES string of the molecule is C[C@H](NC(=O)c1cc2c([nH]c1=O)CCCC2=O)c1cc(F)ccc1F. The molecule has 25 heavy (non-hydrogen) atoms. The smallest absolute Gasteiger partial charge is 0.261 e. The molecule has 7 heteroatoms. The van der Waals surface area contributed by atoms with Crippen molar-refractivity contribution in [1.29, 1.82) is 0 Å². The van der Waals surface area contributed by atoms with Crippen LogP contribution in [0.5, 0.6) is 0 Å². The van der Waals surface area contributed by atoms with Gasteiger partial charge in [-0.25, -0.2) is 8.78 Å². The third-order valence-electron chi connectivity index (χ3n) is 4.27. The van der Waals surface area contributed by atoms with Crippen molar-refractivity contribution in [3.63, 3.8) is 0 Å². The summed E-state index contributed by atoms with van der Waals surface area (Å²) in [6.07, 6.45) is 1.59. The number of aromatic amines is 1. The minimum absolute atomic E-state index is 0.0289. The molecule has 1 atom stereocenters. The lowest BCUT2D eigenvalue weighted by molar-refractivity contribution is 0.0937. The molecule has 0 saturated carbocycles. The van der Waals surface area contributed by atoms with Crippen molar-refractivity contribution >= 4 is 11.7 Å². The highest BCUT2D eigenvalue weighted by Crippen LogP contribution is 2.20. The van der Waals surface area contributed by atoms with Crippen molar-refractivity contribution in [1.82, 2.24) is 10.3 Å². The number of halogens is 2. The predicted molar refractivity (Wildman–Crippen MR) is 86.6 cm³/mol. The third-order valence-corrected chi connectivity index (χ3v) is 4.27. The molecule has 2 N–H and O–H groups in total. The summed E-state index contributed by atoms with van der Waals surface area (Å²) in [5.41, 5.74) is -0.00282. The summed E-state index contributed by atoms with van der Waals surface area (Å²) in [6, 6.07) is 3.36. The van der Waals surface area contributed by atoms with Crippen molar-refractivity contribution < 1.29 is 18.4 Å². The lowest BCUT2D eigenvalue weighted by Crippen LogP contribution is -2.33. The molecule has 1 aromatic carbocycles. The Hall–Kier alpha value is -2.83. The molecule has 1 aliphatic rings. The van der Waals surface area contributed by atoms with Crippen LogP contribution in [-0.4, -0.2) is 16.7 Å². The fourth-order valence-electron chi connectivity index (χ4n) is 2.94. The highest BCUT2D eigenvalue weighted by molar-refractivity contribution is 6.01. The minimum atomic E-state index is -0.852. The van der Waals surface area contributed by atoms with Crippen LogP contribution in [0.15, 0.2) is 29.1 Å². The van der Waals surface area contributed by atoms with Crippen molar-refractivity contribution in [2.45, 2.75) is 32.2 Å². The molecule has 1 aromatic heterocycles. The number of hydrogen-bond donors (Lipinski definition) is 2. The molecule has 2 aromatic rings. The molecule has 0 radical (unpaired) electrons. The van der Waals surface area contributed by atoms with E-state index >= 15 is 0 Å². The van der Waals surface area contributed by atoms with E-state index in [0.717, 1.165) is 18.2 Å². The second-order valence-corrected chi connectivity index (χ2v) is 6.04. The van der Waals surface area contributed by atoms with Gasteiger partial charge < -0.3 is 10.3 Å². The van der Waals surface area contributed by atoms with Crippen molar-refractivity contribution in [3.8, 4) is 0 Å². The summed E-state index contributed by atoms with van der Waals surface area (Å²) >= 11 is 0. The van der Waals surface area contributed by atoms with E-state index in [2.05, 4.69) is 10.3 Å². The molecule has 0 aliphatic heterocycles. The summed E-state index contributed by atoms with van der Waals surface area (Å²) in [4.78, 5) is 39.0. The molecular weight excluding hydrogens is 330 g/mol. The molecule has 0 spiro atoms. The van der Waals surface area contributed by atoms with Gasteiger partial charge in [0, 0.05) is 23.2 Å². The Kier molecular flexibility index (Phi) is 4.48. The fraction of sp³-hybridized carbons (Fsp3) is 0.278. The first-order valence-corrected chi connectivity index (χ1v) is 7.92. The molecule has 5 nitrogen and oxygen atoms in total. The molecule has 1 heterocycles. The van der Waals surface area contributed by atoms with Gasteiger partial charge in [0.2, 0.25) is 0 Å². The van der Waals surface area contributed by atoms with E-state index in [1.807, 2.05) is 0 Å². The third kappa shape index (κ3) is 3.35. The number of hydrogen-bond acceptors (Lipinski definition) is 3. The number of benzene rings is 1. The maximum Gasteiger partial charge on any atom is 0.261 e. The fourth-order valence-corrected chi connectivity index (χ4v) is 2.94. The average Bonchev–Trinajstić information content (AvgIpc) is 2.56. The van der Waals surface area contributed by atoms with Crippen LogP contribution in [-0.2, 0) is 6.42 Å². The molecule has 130 valence electrons. The second-order valence-electron chi connectivity index (χ2n) is 6.04. The monoisotopic (exact) mass is 346 g/mol. The number of rotatable bonds is 3. The van der Waals surface area contributed by atoms with E-state index in [9.17, 15) is 23.2 Å². The van der Waals surface area contributed by atoms with Gasteiger partial charge in [-0.15, -0.1) is 0 Å². The van der Waals surface area contributed by atoms with Crippen LogP contribution in [0.1, 0.15) is 57.8 Å². The summed E-state index contributed by atoms with van der Waals surface area (Å²) < 4.78 is 27.1. The molecule has 0 saturated heterocycles. The van der Waals surface area contributed by atoms with Gasteiger partial charge in [-0.2, -0.15) is 0 Å². The number of carbonyl (C=O) groups excluding carboxylic acids is 2. The number of fused-ring (bicyclic) bond motifs is 1. The maximum atomic E-state index is 13.8. The minimum Gasteiger partial charge on any atom is -0.345 e. The van der Waals surface area contributed by atoms with Crippen LogP contribution in [0.25, 0.3) is 0 Å². The van der Waals surface area contributed by atoms with Crippen LogP contribution in [0.4, 0.5) is 8.78 Å². The van der Waals surface area contributed by atoms with Gasteiger partial charge in [-0.1, -0.05) is 0 Å². The van der Waals surface area contributed by atoms with Gasteiger partial charge in [0.25, 0.3) is 11.5 Å². The van der Waals surface area contributed by atoms with Crippen LogP contribution < -0.4 is 10.9 Å². The molecule has 1 amide bonds. The van der Waals surface area contributed by atoms with Crippen molar-refractivity contribution in [3.05, 3.63) is 68.6 Å². The summed E-state index contributed by atoms with van der Waals surface area (Å²) in [7, 11) is 0. The van der Waals surface area contributed by atoms with E-state index in [1.165, 1.54) is 13.0 Å². The maximum absolute atomic E-state index is 13.8. The van der Waals surface area contributed by atoms with Crippen molar-refractivity contribution in [2.24, 2.45) is 0 Å². The van der Waals surface area contributed by atoms with Crippen LogP contribution in [0.2, 0.25) is 0 Å². The number of pyridine rings is 1. The first kappa shape index (κ1) is 17.0. The summed E-state index contributed by atoms with van der Waals surface area (Å²) in [5, 5.41) is 2.47. The number of Topliss-reactive ketones (excluding diaryl/α,β-unsaturated/α-hetero) is 1.